The van der Waals surface area contributed by atoms with Crippen LogP contribution in [0.5, 0.6) is 0 Å². The number of likely N-dealkylation sites (tertiary alicyclic amines) is 1. The minimum absolute atomic E-state index is 0.132. The molecule has 1 heterocycles. The zero-order chi connectivity index (χ0) is 8.97. The van der Waals surface area contributed by atoms with Gasteiger partial charge >= 0.3 is 0 Å². The van der Waals surface area contributed by atoms with Crippen LogP contribution in [0.15, 0.2) is 4.99 Å². The van der Waals surface area contributed by atoms with Crippen LogP contribution in [-0.4, -0.2) is 36.7 Å². The number of carbonyl (C=O) groups excluding carboxylic acids is 1. The van der Waals surface area contributed by atoms with Gasteiger partial charge in [-0.05, 0) is 39.8 Å². The van der Waals surface area contributed by atoms with Crippen LogP contribution in [0.2, 0.25) is 0 Å². The summed E-state index contributed by atoms with van der Waals surface area (Å²) in [5, 5.41) is 0. The topological polar surface area (TPSA) is 32.7 Å². The average Bonchev–Trinajstić information content (AvgIpc) is 2.37. The molecule has 0 N–H and O–H groups in total. The van der Waals surface area contributed by atoms with Gasteiger partial charge in [-0.2, -0.15) is 0 Å². The Morgan fingerprint density at radius 2 is 2.50 bits per heavy atom. The van der Waals surface area contributed by atoms with Crippen LogP contribution in [0.4, 0.5) is 0 Å². The molecule has 0 spiro atoms. The lowest BCUT2D eigenvalue weighted by Gasteiger charge is -2.20. The van der Waals surface area contributed by atoms with Crippen molar-refractivity contribution in [3.05, 3.63) is 0 Å². The minimum atomic E-state index is 0.132. The maximum atomic E-state index is 9.97. The summed E-state index contributed by atoms with van der Waals surface area (Å²) in [4.78, 5) is 16.0. The summed E-state index contributed by atoms with van der Waals surface area (Å²) >= 11 is 0. The normalized spacial score (nSPS) is 26.7. The van der Waals surface area contributed by atoms with E-state index in [0.29, 0.717) is 6.04 Å². The Balaban J connectivity index is 2.34. The van der Waals surface area contributed by atoms with Crippen LogP contribution in [0, 0.1) is 0 Å². The van der Waals surface area contributed by atoms with Crippen molar-refractivity contribution in [3.8, 4) is 0 Å². The van der Waals surface area contributed by atoms with Crippen LogP contribution in [0.3, 0.4) is 0 Å². The first kappa shape index (κ1) is 9.43. The molecule has 0 aliphatic carbocycles. The number of aliphatic imine (C=N–C) groups is 1. The van der Waals surface area contributed by atoms with E-state index in [4.69, 9.17) is 0 Å². The number of hydrogen-bond donors (Lipinski definition) is 0. The molecule has 2 unspecified atom stereocenters. The molecule has 0 bridgehead atoms. The molecule has 0 aromatic carbocycles. The Morgan fingerprint density at radius 1 is 1.75 bits per heavy atom. The molecule has 2 atom stereocenters. The van der Waals surface area contributed by atoms with Crippen LogP contribution in [-0.2, 0) is 4.79 Å². The quantitative estimate of drug-likeness (QED) is 0.468. The van der Waals surface area contributed by atoms with Crippen molar-refractivity contribution in [3.63, 3.8) is 0 Å². The van der Waals surface area contributed by atoms with E-state index >= 15 is 0 Å². The standard InChI is InChI=1S/C9H16N2O/c1-8(10-7-12)6-9-4-3-5-11(9)2/h8-9H,3-6H2,1-2H3. The van der Waals surface area contributed by atoms with Gasteiger partial charge in [0.1, 0.15) is 0 Å². The molecule has 3 heteroatoms. The maximum Gasteiger partial charge on any atom is 0.235 e. The molecule has 1 aliphatic rings. The fourth-order valence-electron chi connectivity index (χ4n) is 1.81. The second kappa shape index (κ2) is 4.39. The van der Waals surface area contributed by atoms with Crippen LogP contribution >= 0.6 is 0 Å². The molecule has 0 aromatic rings. The van der Waals surface area contributed by atoms with Gasteiger partial charge in [0.15, 0.2) is 0 Å². The zero-order valence-electron chi connectivity index (χ0n) is 7.79. The fourth-order valence-corrected chi connectivity index (χ4v) is 1.81. The first-order chi connectivity index (χ1) is 5.74. The summed E-state index contributed by atoms with van der Waals surface area (Å²) < 4.78 is 0. The lowest BCUT2D eigenvalue weighted by Crippen LogP contribution is -2.27. The number of nitrogens with zero attached hydrogens (tertiary/aromatic N) is 2. The summed E-state index contributed by atoms with van der Waals surface area (Å²) in [6.07, 6.45) is 5.13. The molecule has 1 fully saturated rings. The van der Waals surface area contributed by atoms with Crippen molar-refractivity contribution in [2.24, 2.45) is 4.99 Å². The molecule has 0 saturated carbocycles. The van der Waals surface area contributed by atoms with E-state index in [1.165, 1.54) is 19.4 Å². The smallest absolute Gasteiger partial charge is 0.235 e. The van der Waals surface area contributed by atoms with E-state index in [0.717, 1.165) is 6.42 Å². The Labute approximate surface area is 73.5 Å². The monoisotopic (exact) mass is 168 g/mol. The van der Waals surface area contributed by atoms with Gasteiger partial charge in [0, 0.05) is 6.04 Å². The maximum absolute atomic E-state index is 9.97. The van der Waals surface area contributed by atoms with Crippen molar-refractivity contribution in [2.45, 2.75) is 38.3 Å². The van der Waals surface area contributed by atoms with E-state index in [1.54, 1.807) is 6.08 Å². The van der Waals surface area contributed by atoms with Crippen molar-refractivity contribution >= 4 is 6.08 Å². The zero-order valence-corrected chi connectivity index (χ0v) is 7.79. The molecule has 1 saturated heterocycles. The molecule has 0 radical (unpaired) electrons. The van der Waals surface area contributed by atoms with Gasteiger partial charge in [0.05, 0.1) is 6.04 Å². The van der Waals surface area contributed by atoms with E-state index in [9.17, 15) is 4.79 Å². The molecule has 68 valence electrons. The first-order valence-corrected chi connectivity index (χ1v) is 4.51. The van der Waals surface area contributed by atoms with Crippen molar-refractivity contribution in [2.75, 3.05) is 13.6 Å². The van der Waals surface area contributed by atoms with E-state index in [1.807, 2.05) is 6.92 Å². The summed E-state index contributed by atoms with van der Waals surface area (Å²) in [5.41, 5.74) is 0. The number of rotatable bonds is 3. The van der Waals surface area contributed by atoms with Gasteiger partial charge in [0.2, 0.25) is 6.08 Å². The highest BCUT2D eigenvalue weighted by molar-refractivity contribution is 5.33. The largest absolute Gasteiger partial charge is 0.303 e. The predicted octanol–water partition coefficient (Wildman–Crippen LogP) is 1.20. The Kier molecular flexibility index (Phi) is 3.45. The molecule has 0 amide bonds. The lowest BCUT2D eigenvalue weighted by molar-refractivity contribution is 0.285. The average molecular weight is 168 g/mol. The molecule has 1 rings (SSSR count). The highest BCUT2D eigenvalue weighted by Crippen LogP contribution is 2.19. The predicted molar refractivity (Wildman–Crippen MR) is 47.9 cm³/mol. The molecule has 3 nitrogen and oxygen atoms in total. The lowest BCUT2D eigenvalue weighted by atomic mass is 10.1. The Hall–Kier alpha value is -0.660. The van der Waals surface area contributed by atoms with Crippen molar-refractivity contribution in [1.82, 2.24) is 4.90 Å². The molecular weight excluding hydrogens is 152 g/mol. The fraction of sp³-hybridized carbons (Fsp3) is 0.889. The summed E-state index contributed by atoms with van der Waals surface area (Å²) in [5.74, 6) is 0. The van der Waals surface area contributed by atoms with Crippen molar-refractivity contribution in [1.29, 1.82) is 0 Å². The summed E-state index contributed by atoms with van der Waals surface area (Å²) in [6, 6.07) is 0.755. The van der Waals surface area contributed by atoms with Gasteiger partial charge in [-0.15, -0.1) is 0 Å². The van der Waals surface area contributed by atoms with Crippen LogP contribution in [0.1, 0.15) is 26.2 Å². The van der Waals surface area contributed by atoms with Gasteiger partial charge in [-0.3, -0.25) is 0 Å². The highest BCUT2D eigenvalue weighted by atomic mass is 16.1. The summed E-state index contributed by atoms with van der Waals surface area (Å²) in [7, 11) is 2.13. The van der Waals surface area contributed by atoms with E-state index in [2.05, 4.69) is 16.9 Å². The summed E-state index contributed by atoms with van der Waals surface area (Å²) in [6.45, 7) is 3.15. The van der Waals surface area contributed by atoms with E-state index < -0.39 is 0 Å². The van der Waals surface area contributed by atoms with Gasteiger partial charge in [0.25, 0.3) is 0 Å². The molecule has 0 aromatic heterocycles. The number of isocyanates is 1. The van der Waals surface area contributed by atoms with Crippen LogP contribution < -0.4 is 0 Å². The second-order valence-corrected chi connectivity index (χ2v) is 3.58. The highest BCUT2D eigenvalue weighted by Gasteiger charge is 2.22. The Bertz CT molecular complexity index is 187. The minimum Gasteiger partial charge on any atom is -0.303 e. The van der Waals surface area contributed by atoms with Gasteiger partial charge < -0.3 is 4.90 Å². The third-order valence-corrected chi connectivity index (χ3v) is 2.56. The van der Waals surface area contributed by atoms with E-state index in [-0.39, 0.29) is 6.04 Å². The first-order valence-electron chi connectivity index (χ1n) is 4.51. The Morgan fingerprint density at radius 3 is 3.00 bits per heavy atom. The van der Waals surface area contributed by atoms with Crippen LogP contribution in [0.25, 0.3) is 0 Å². The molecular formula is C9H16N2O. The number of hydrogen-bond acceptors (Lipinski definition) is 3. The van der Waals surface area contributed by atoms with Gasteiger partial charge in [-0.1, -0.05) is 0 Å². The molecule has 1 aliphatic heterocycles. The van der Waals surface area contributed by atoms with Crippen molar-refractivity contribution < 1.29 is 4.79 Å². The third-order valence-electron chi connectivity index (χ3n) is 2.56. The SMILES string of the molecule is CC(CC1CCCN1C)N=C=O. The second-order valence-electron chi connectivity index (χ2n) is 3.58. The third kappa shape index (κ3) is 2.43. The van der Waals surface area contributed by atoms with Gasteiger partial charge in [-0.25, -0.2) is 9.79 Å². The molecule has 12 heavy (non-hydrogen) atoms.